The number of anilines is 1. The van der Waals surface area contributed by atoms with Gasteiger partial charge in [-0.2, -0.15) is 4.98 Å². The molecule has 0 aliphatic heterocycles. The van der Waals surface area contributed by atoms with Crippen LogP contribution in [0.4, 0.5) is 5.13 Å². The highest BCUT2D eigenvalue weighted by Gasteiger charge is 2.19. The van der Waals surface area contributed by atoms with Crippen molar-refractivity contribution >= 4 is 16.5 Å². The predicted octanol–water partition coefficient (Wildman–Crippen LogP) is 3.53. The fourth-order valence-corrected chi connectivity index (χ4v) is 3.34. The van der Waals surface area contributed by atoms with Crippen LogP contribution in [-0.4, -0.2) is 15.1 Å². The molecule has 0 saturated heterocycles. The Kier molecular flexibility index (Phi) is 4.30. The van der Waals surface area contributed by atoms with Crippen LogP contribution in [-0.2, 0) is 6.42 Å². The minimum Gasteiger partial charge on any atom is -0.375 e. The Balaban J connectivity index is 1.65. The quantitative estimate of drug-likeness (QED) is 0.936. The van der Waals surface area contributed by atoms with Gasteiger partial charge in [0.15, 0.2) is 11.0 Å². The lowest BCUT2D eigenvalue weighted by Crippen LogP contribution is -2.04. The topological polar surface area (TPSA) is 77.8 Å². The van der Waals surface area contributed by atoms with Crippen molar-refractivity contribution in [2.45, 2.75) is 57.3 Å². The van der Waals surface area contributed by atoms with Crippen LogP contribution in [0.15, 0.2) is 9.90 Å². The van der Waals surface area contributed by atoms with Gasteiger partial charge in [-0.15, -0.1) is 11.3 Å². The van der Waals surface area contributed by atoms with Crippen LogP contribution in [0.5, 0.6) is 0 Å². The van der Waals surface area contributed by atoms with Gasteiger partial charge < -0.3 is 10.3 Å². The lowest BCUT2D eigenvalue weighted by Gasteiger charge is -2.15. The smallest absolute Gasteiger partial charge is 0.232 e. The summed E-state index contributed by atoms with van der Waals surface area (Å²) in [6.45, 7) is 0. The Morgan fingerprint density at radius 1 is 1.15 bits per heavy atom. The van der Waals surface area contributed by atoms with E-state index in [1.807, 2.05) is 5.38 Å². The number of nitrogens with zero attached hydrogens (tertiary/aromatic N) is 3. The first kappa shape index (κ1) is 13.5. The fraction of sp³-hybridized carbons (Fsp3) is 0.643. The van der Waals surface area contributed by atoms with E-state index in [9.17, 15) is 0 Å². The number of thiazole rings is 1. The highest BCUT2D eigenvalue weighted by Crippen LogP contribution is 2.29. The summed E-state index contributed by atoms with van der Waals surface area (Å²) in [7, 11) is 0. The first-order chi connectivity index (χ1) is 9.81. The number of nitrogens with two attached hydrogens (primary N) is 1. The third-order valence-electron chi connectivity index (χ3n) is 3.86. The Morgan fingerprint density at radius 3 is 2.60 bits per heavy atom. The second kappa shape index (κ2) is 6.35. The van der Waals surface area contributed by atoms with Crippen LogP contribution in [0, 0.1) is 0 Å². The standard InChI is InChI=1S/C14H20N4OS/c15-14-16-11(9-20-14)8-12-17-13(18-19-12)10-6-4-2-1-3-5-7-10/h9-10H,1-8H2,(H2,15,16). The molecule has 1 aliphatic rings. The second-order valence-electron chi connectivity index (χ2n) is 5.44. The van der Waals surface area contributed by atoms with E-state index in [1.54, 1.807) is 0 Å². The van der Waals surface area contributed by atoms with Crippen molar-refractivity contribution in [1.82, 2.24) is 15.1 Å². The molecule has 6 heteroatoms. The molecule has 2 heterocycles. The summed E-state index contributed by atoms with van der Waals surface area (Å²) < 4.78 is 5.37. The summed E-state index contributed by atoms with van der Waals surface area (Å²) in [6, 6.07) is 0. The van der Waals surface area contributed by atoms with Gasteiger partial charge in [0.1, 0.15) is 0 Å². The molecule has 108 valence electrons. The maximum atomic E-state index is 5.63. The molecular formula is C14H20N4OS. The highest BCUT2D eigenvalue weighted by molar-refractivity contribution is 7.13. The Bertz CT molecular complexity index is 543. The number of rotatable bonds is 3. The van der Waals surface area contributed by atoms with Crippen molar-refractivity contribution in [1.29, 1.82) is 0 Å². The van der Waals surface area contributed by atoms with Crippen LogP contribution < -0.4 is 5.73 Å². The summed E-state index contributed by atoms with van der Waals surface area (Å²) in [6.07, 6.45) is 9.53. The summed E-state index contributed by atoms with van der Waals surface area (Å²) in [5, 5.41) is 6.70. The minimum atomic E-state index is 0.466. The largest absolute Gasteiger partial charge is 0.375 e. The van der Waals surface area contributed by atoms with E-state index in [0.717, 1.165) is 11.5 Å². The normalized spacial score (nSPS) is 17.8. The van der Waals surface area contributed by atoms with Crippen molar-refractivity contribution in [3.05, 3.63) is 22.8 Å². The zero-order valence-electron chi connectivity index (χ0n) is 11.5. The average molecular weight is 292 g/mol. The van der Waals surface area contributed by atoms with Crippen molar-refractivity contribution in [3.63, 3.8) is 0 Å². The lowest BCUT2D eigenvalue weighted by molar-refractivity contribution is 0.365. The van der Waals surface area contributed by atoms with Crippen LogP contribution in [0.1, 0.15) is 68.3 Å². The molecule has 3 rings (SSSR count). The maximum absolute atomic E-state index is 5.63. The molecule has 2 aromatic heterocycles. The average Bonchev–Trinajstić information content (AvgIpc) is 2.99. The summed E-state index contributed by atoms with van der Waals surface area (Å²) in [4.78, 5) is 8.78. The van der Waals surface area contributed by atoms with Crippen LogP contribution in [0.2, 0.25) is 0 Å². The molecule has 0 aromatic carbocycles. The molecule has 1 fully saturated rings. The van der Waals surface area contributed by atoms with E-state index in [1.165, 1.54) is 56.3 Å². The van der Waals surface area contributed by atoms with Crippen LogP contribution >= 0.6 is 11.3 Å². The van der Waals surface area contributed by atoms with Crippen LogP contribution in [0.25, 0.3) is 0 Å². The molecule has 0 unspecified atom stereocenters. The second-order valence-corrected chi connectivity index (χ2v) is 6.33. The molecule has 0 spiro atoms. The zero-order valence-corrected chi connectivity index (χ0v) is 12.4. The van der Waals surface area contributed by atoms with Crippen LogP contribution in [0.3, 0.4) is 0 Å². The maximum Gasteiger partial charge on any atom is 0.232 e. The van der Waals surface area contributed by atoms with E-state index in [2.05, 4.69) is 15.1 Å². The highest BCUT2D eigenvalue weighted by atomic mass is 32.1. The summed E-state index contributed by atoms with van der Waals surface area (Å²) >= 11 is 1.44. The Labute approximate surface area is 122 Å². The van der Waals surface area contributed by atoms with Gasteiger partial charge in [0, 0.05) is 11.3 Å². The molecule has 2 N–H and O–H groups in total. The first-order valence-corrected chi connectivity index (χ1v) is 8.21. The molecule has 0 amide bonds. The van der Waals surface area contributed by atoms with Gasteiger partial charge in [0.25, 0.3) is 0 Å². The SMILES string of the molecule is Nc1nc(Cc2nc(C3CCCCCCC3)no2)cs1. The Morgan fingerprint density at radius 2 is 1.90 bits per heavy atom. The number of nitrogen functional groups attached to an aromatic ring is 1. The van der Waals surface area contributed by atoms with Crippen molar-refractivity contribution < 1.29 is 4.52 Å². The van der Waals surface area contributed by atoms with Gasteiger partial charge in [0.05, 0.1) is 12.1 Å². The number of aromatic nitrogens is 3. The third-order valence-corrected chi connectivity index (χ3v) is 4.58. The van der Waals surface area contributed by atoms with Gasteiger partial charge >= 0.3 is 0 Å². The van der Waals surface area contributed by atoms with Crippen molar-refractivity contribution in [2.24, 2.45) is 0 Å². The molecule has 20 heavy (non-hydrogen) atoms. The monoisotopic (exact) mass is 292 g/mol. The first-order valence-electron chi connectivity index (χ1n) is 7.33. The molecule has 5 nitrogen and oxygen atoms in total. The number of hydrogen-bond acceptors (Lipinski definition) is 6. The zero-order chi connectivity index (χ0) is 13.8. The van der Waals surface area contributed by atoms with Gasteiger partial charge in [-0.1, -0.05) is 37.3 Å². The molecule has 1 aliphatic carbocycles. The lowest BCUT2D eigenvalue weighted by atomic mass is 9.91. The van der Waals surface area contributed by atoms with E-state index in [0.29, 0.717) is 23.4 Å². The van der Waals surface area contributed by atoms with E-state index in [-0.39, 0.29) is 0 Å². The molecule has 0 radical (unpaired) electrons. The van der Waals surface area contributed by atoms with Gasteiger partial charge in [-0.3, -0.25) is 0 Å². The molecular weight excluding hydrogens is 272 g/mol. The minimum absolute atomic E-state index is 0.466. The molecule has 0 bridgehead atoms. The summed E-state index contributed by atoms with van der Waals surface area (Å²) in [5.41, 5.74) is 6.53. The van der Waals surface area contributed by atoms with Gasteiger partial charge in [0.2, 0.25) is 5.89 Å². The van der Waals surface area contributed by atoms with Gasteiger partial charge in [-0.25, -0.2) is 4.98 Å². The van der Waals surface area contributed by atoms with Crippen molar-refractivity contribution in [3.8, 4) is 0 Å². The van der Waals surface area contributed by atoms with E-state index < -0.39 is 0 Å². The predicted molar refractivity (Wildman–Crippen MR) is 78.7 cm³/mol. The van der Waals surface area contributed by atoms with Crippen molar-refractivity contribution in [2.75, 3.05) is 5.73 Å². The third kappa shape index (κ3) is 3.36. The molecule has 2 aromatic rings. The fourth-order valence-electron chi connectivity index (χ4n) is 2.78. The molecule has 0 atom stereocenters. The number of hydrogen-bond donors (Lipinski definition) is 1. The van der Waals surface area contributed by atoms with Gasteiger partial charge in [-0.05, 0) is 12.8 Å². The van der Waals surface area contributed by atoms with E-state index >= 15 is 0 Å². The van der Waals surface area contributed by atoms with E-state index in [4.69, 9.17) is 10.3 Å². The molecule has 1 saturated carbocycles. The summed E-state index contributed by atoms with van der Waals surface area (Å²) in [5.74, 6) is 1.99. The Hall–Kier alpha value is -1.43.